The highest BCUT2D eigenvalue weighted by atomic mass is 32.2. The Balaban J connectivity index is 1.54. The summed E-state index contributed by atoms with van der Waals surface area (Å²) in [5.74, 6) is -2.08. The van der Waals surface area contributed by atoms with E-state index in [0.717, 1.165) is 16.9 Å². The smallest absolute Gasteiger partial charge is 0.434 e. The van der Waals surface area contributed by atoms with Gasteiger partial charge in [0.05, 0.1) is 6.61 Å². The van der Waals surface area contributed by atoms with Crippen LogP contribution in [0.3, 0.4) is 0 Å². The highest BCUT2D eigenvalue weighted by Gasteiger charge is 2.54. The average molecular weight is 603 g/mol. The van der Waals surface area contributed by atoms with E-state index >= 15 is 0 Å². The minimum Gasteiger partial charge on any atom is -0.434 e. The standard InChI is InChI=1S/C25H26N6O8S2/c1-3-9-37-25(35)39-13(2)38-23(34)19-15(7-6-14-5-4-8-27-10-14)11-40-22-18(21(33)31(19)22)29-20(32)17(30-36)16-12-41-24(26)28-16/h4-8,10,12-13,18,22,36H,3,9,11H2,1-2H3,(H2,26,28)(H,29,32)/b7-6-,30-17?/t13?,18-,22-/m1/s1. The summed E-state index contributed by atoms with van der Waals surface area (Å²) in [4.78, 5) is 60.4. The Morgan fingerprint density at radius 1 is 1.34 bits per heavy atom. The van der Waals surface area contributed by atoms with Gasteiger partial charge in [-0.3, -0.25) is 19.5 Å². The number of rotatable bonds is 10. The first-order valence-electron chi connectivity index (χ1n) is 12.3. The number of carbonyl (C=O) groups is 4. The van der Waals surface area contributed by atoms with Crippen molar-refractivity contribution in [1.82, 2.24) is 20.2 Å². The molecular weight excluding hydrogens is 576 g/mol. The number of esters is 1. The van der Waals surface area contributed by atoms with E-state index in [4.69, 9.17) is 19.9 Å². The van der Waals surface area contributed by atoms with Crippen molar-refractivity contribution in [3.63, 3.8) is 0 Å². The zero-order chi connectivity index (χ0) is 29.5. The largest absolute Gasteiger partial charge is 0.511 e. The number of nitrogen functional groups attached to an aromatic ring is 1. The van der Waals surface area contributed by atoms with Crippen molar-refractivity contribution in [2.45, 2.75) is 38.0 Å². The fourth-order valence-electron chi connectivity index (χ4n) is 3.84. The lowest BCUT2D eigenvalue weighted by Gasteiger charge is -2.49. The van der Waals surface area contributed by atoms with E-state index in [1.807, 2.05) is 13.0 Å². The molecule has 2 amide bonds. The van der Waals surface area contributed by atoms with Gasteiger partial charge in [-0.1, -0.05) is 30.3 Å². The first-order chi connectivity index (χ1) is 19.7. The zero-order valence-corrected chi connectivity index (χ0v) is 23.5. The number of nitrogens with one attached hydrogen (secondary N) is 1. The molecule has 0 spiro atoms. The number of nitrogens with zero attached hydrogens (tertiary/aromatic N) is 4. The molecule has 2 aliphatic rings. The molecule has 0 saturated carbocycles. The summed E-state index contributed by atoms with van der Waals surface area (Å²) in [5, 5.41) is 15.9. The van der Waals surface area contributed by atoms with Crippen LogP contribution in [-0.4, -0.2) is 79.8 Å². The quantitative estimate of drug-likeness (QED) is 0.0896. The van der Waals surface area contributed by atoms with Crippen LogP contribution in [0.1, 0.15) is 31.5 Å². The van der Waals surface area contributed by atoms with E-state index < -0.39 is 47.4 Å². The number of carbonyl (C=O) groups excluding carboxylic acids is 4. The molecule has 4 N–H and O–H groups in total. The number of allylic oxidation sites excluding steroid dienone is 1. The van der Waals surface area contributed by atoms with Gasteiger partial charge < -0.3 is 30.5 Å². The summed E-state index contributed by atoms with van der Waals surface area (Å²) >= 11 is 2.36. The van der Waals surface area contributed by atoms with Gasteiger partial charge in [-0.15, -0.1) is 23.1 Å². The number of β-lactam (4-membered cyclic amide) rings is 1. The van der Waals surface area contributed by atoms with Crippen molar-refractivity contribution in [3.05, 3.63) is 58.5 Å². The lowest BCUT2D eigenvalue weighted by Crippen LogP contribution is -2.71. The molecule has 3 atom stereocenters. The number of hydrogen-bond donors (Lipinski definition) is 3. The zero-order valence-electron chi connectivity index (χ0n) is 21.9. The second-order valence-electron chi connectivity index (χ2n) is 8.56. The van der Waals surface area contributed by atoms with Crippen LogP contribution in [0.25, 0.3) is 6.08 Å². The molecule has 0 aliphatic carbocycles. The number of ether oxygens (including phenoxy) is 3. The molecule has 4 rings (SSSR count). The minimum absolute atomic E-state index is 0.0471. The number of oxime groups is 1. The Kier molecular flexibility index (Phi) is 9.57. The van der Waals surface area contributed by atoms with Gasteiger partial charge in [-0.25, -0.2) is 14.6 Å². The molecule has 14 nitrogen and oxygen atoms in total. The van der Waals surface area contributed by atoms with E-state index in [-0.39, 0.29) is 28.9 Å². The van der Waals surface area contributed by atoms with Crippen LogP contribution in [0.15, 0.2) is 52.4 Å². The first-order valence-corrected chi connectivity index (χ1v) is 14.2. The molecule has 0 bridgehead atoms. The van der Waals surface area contributed by atoms with Gasteiger partial charge in [0.25, 0.3) is 11.8 Å². The molecule has 2 aromatic rings. The number of pyridine rings is 1. The second-order valence-corrected chi connectivity index (χ2v) is 10.6. The Morgan fingerprint density at radius 3 is 2.80 bits per heavy atom. The third-order valence-electron chi connectivity index (χ3n) is 5.68. The fraction of sp³-hybridized carbons (Fsp3) is 0.320. The molecule has 1 fully saturated rings. The van der Waals surface area contributed by atoms with Crippen LogP contribution in [0.4, 0.5) is 9.93 Å². The number of amides is 2. The Hall–Kier alpha value is -4.44. The Labute approximate surface area is 242 Å². The molecule has 216 valence electrons. The molecule has 2 aromatic heterocycles. The number of fused-ring (bicyclic) bond motifs is 1. The maximum absolute atomic E-state index is 13.3. The molecule has 1 saturated heterocycles. The third kappa shape index (κ3) is 6.83. The monoisotopic (exact) mass is 602 g/mol. The SMILES string of the molecule is CCCOC(=O)OC(C)OC(=O)C1=C(/C=C\c2cccnc2)CS[C@@H]2[C@H](NC(=O)C(=NO)c3csc(N)n3)C(=O)N12. The molecular formula is C25H26N6O8S2. The Morgan fingerprint density at radius 2 is 2.15 bits per heavy atom. The van der Waals surface area contributed by atoms with Crippen LogP contribution in [0.5, 0.6) is 0 Å². The molecule has 0 aromatic carbocycles. The predicted molar refractivity (Wildman–Crippen MR) is 148 cm³/mol. The lowest BCUT2D eigenvalue weighted by molar-refractivity contribution is -0.169. The van der Waals surface area contributed by atoms with Crippen molar-refractivity contribution in [2.75, 3.05) is 18.1 Å². The van der Waals surface area contributed by atoms with Crippen LogP contribution in [-0.2, 0) is 28.6 Å². The predicted octanol–water partition coefficient (Wildman–Crippen LogP) is 2.12. The van der Waals surface area contributed by atoms with Crippen LogP contribution >= 0.6 is 23.1 Å². The highest BCUT2D eigenvalue weighted by molar-refractivity contribution is 8.00. The lowest BCUT2D eigenvalue weighted by atomic mass is 10.0. The van der Waals surface area contributed by atoms with E-state index in [2.05, 4.69) is 20.4 Å². The van der Waals surface area contributed by atoms with Gasteiger partial charge in [-0.05, 0) is 23.6 Å². The normalized spacial score (nSPS) is 19.3. The third-order valence-corrected chi connectivity index (χ3v) is 7.65. The number of thiazole rings is 1. The van der Waals surface area contributed by atoms with Gasteiger partial charge in [0.15, 0.2) is 10.8 Å². The second kappa shape index (κ2) is 13.3. The van der Waals surface area contributed by atoms with Crippen molar-refractivity contribution in [3.8, 4) is 0 Å². The van der Waals surface area contributed by atoms with Crippen molar-refractivity contribution < 1.29 is 38.6 Å². The number of hydrogen-bond acceptors (Lipinski definition) is 14. The number of anilines is 1. The molecule has 1 unspecified atom stereocenters. The summed E-state index contributed by atoms with van der Waals surface area (Å²) in [6.45, 7) is 3.29. The van der Waals surface area contributed by atoms with Crippen LogP contribution < -0.4 is 11.1 Å². The maximum Gasteiger partial charge on any atom is 0.511 e. The van der Waals surface area contributed by atoms with Crippen molar-refractivity contribution >= 4 is 64.0 Å². The number of nitrogens with two attached hydrogens (primary N) is 1. The van der Waals surface area contributed by atoms with Gasteiger partial charge in [0, 0.05) is 30.5 Å². The van der Waals surface area contributed by atoms with Gasteiger partial charge in [0.2, 0.25) is 6.29 Å². The van der Waals surface area contributed by atoms with Gasteiger partial charge in [0.1, 0.15) is 22.8 Å². The summed E-state index contributed by atoms with van der Waals surface area (Å²) in [5.41, 5.74) is 6.39. The van der Waals surface area contributed by atoms with E-state index in [1.165, 1.54) is 29.0 Å². The van der Waals surface area contributed by atoms with Crippen LogP contribution in [0.2, 0.25) is 0 Å². The van der Waals surface area contributed by atoms with Crippen LogP contribution in [0, 0.1) is 0 Å². The van der Waals surface area contributed by atoms with E-state index in [9.17, 15) is 24.4 Å². The molecule has 16 heteroatoms. The molecule has 2 aliphatic heterocycles. The minimum atomic E-state index is -1.31. The van der Waals surface area contributed by atoms with Gasteiger partial charge in [-0.2, -0.15) is 0 Å². The highest BCUT2D eigenvalue weighted by Crippen LogP contribution is 2.41. The maximum atomic E-state index is 13.3. The summed E-state index contributed by atoms with van der Waals surface area (Å²) in [6.07, 6.45) is 4.92. The number of aromatic nitrogens is 2. The van der Waals surface area contributed by atoms with E-state index in [0.29, 0.717) is 12.0 Å². The summed E-state index contributed by atoms with van der Waals surface area (Å²) in [6, 6.07) is 2.53. The molecule has 0 radical (unpaired) electrons. The summed E-state index contributed by atoms with van der Waals surface area (Å²) in [7, 11) is 0. The topological polar surface area (TPSA) is 196 Å². The van der Waals surface area contributed by atoms with Gasteiger partial charge >= 0.3 is 12.1 Å². The molecule has 4 heterocycles. The number of thioether (sulfide) groups is 1. The molecule has 41 heavy (non-hydrogen) atoms. The first kappa shape index (κ1) is 29.5. The van der Waals surface area contributed by atoms with Crippen molar-refractivity contribution in [1.29, 1.82) is 0 Å². The fourth-order valence-corrected chi connectivity index (χ4v) is 5.70. The van der Waals surface area contributed by atoms with Crippen molar-refractivity contribution in [2.24, 2.45) is 5.16 Å². The average Bonchev–Trinajstić information content (AvgIpc) is 3.39. The summed E-state index contributed by atoms with van der Waals surface area (Å²) < 4.78 is 15.1. The Bertz CT molecular complexity index is 1410. The van der Waals surface area contributed by atoms with E-state index in [1.54, 1.807) is 30.6 Å².